The number of ether oxygens (including phenoxy) is 2. The van der Waals surface area contributed by atoms with E-state index in [0.29, 0.717) is 29.6 Å². The van der Waals surface area contributed by atoms with Gasteiger partial charge in [0.05, 0.1) is 25.3 Å². The Morgan fingerprint density at radius 2 is 2.36 bits per heavy atom. The molecule has 2 N–H and O–H groups in total. The minimum atomic E-state index is -0.358. The van der Waals surface area contributed by atoms with Crippen LogP contribution in [0, 0.1) is 0 Å². The number of nitrogens with zero attached hydrogens (tertiary/aromatic N) is 2. The van der Waals surface area contributed by atoms with Crippen LogP contribution in [0.2, 0.25) is 0 Å². The van der Waals surface area contributed by atoms with Crippen molar-refractivity contribution in [1.82, 2.24) is 15.3 Å². The van der Waals surface area contributed by atoms with Crippen LogP contribution in [0.1, 0.15) is 22.5 Å². The number of likely N-dealkylation sites (N-methyl/N-ethyl adjacent to an activating group) is 1. The lowest BCUT2D eigenvalue weighted by Crippen LogP contribution is -2.21. The number of amides is 2. The van der Waals surface area contributed by atoms with E-state index in [1.165, 1.54) is 11.3 Å². The molecule has 1 atom stereocenters. The van der Waals surface area contributed by atoms with Crippen LogP contribution >= 0.6 is 11.3 Å². The maximum absolute atomic E-state index is 12.5. The van der Waals surface area contributed by atoms with Gasteiger partial charge in [-0.05, 0) is 12.1 Å². The molecule has 3 heterocycles. The maximum atomic E-state index is 12.5. The molecule has 8 nitrogen and oxygen atoms in total. The fourth-order valence-electron chi connectivity index (χ4n) is 2.28. The van der Waals surface area contributed by atoms with Crippen molar-refractivity contribution in [3.8, 4) is 5.88 Å². The number of nitrogens with one attached hydrogen (secondary N) is 2. The lowest BCUT2D eigenvalue weighted by atomic mass is 10.2. The highest BCUT2D eigenvalue weighted by Gasteiger charge is 2.22. The molecular formula is C16H18N4O4S. The average Bonchev–Trinajstić information content (AvgIpc) is 3.27. The van der Waals surface area contributed by atoms with Gasteiger partial charge in [-0.25, -0.2) is 9.97 Å². The molecular weight excluding hydrogens is 344 g/mol. The number of hydrogen-bond donors (Lipinski definition) is 2. The summed E-state index contributed by atoms with van der Waals surface area (Å²) in [5.41, 5.74) is 0.933. The zero-order valence-electron chi connectivity index (χ0n) is 13.7. The van der Waals surface area contributed by atoms with Crippen molar-refractivity contribution >= 4 is 28.3 Å². The van der Waals surface area contributed by atoms with E-state index in [-0.39, 0.29) is 30.2 Å². The van der Waals surface area contributed by atoms with Gasteiger partial charge < -0.3 is 14.8 Å². The van der Waals surface area contributed by atoms with Gasteiger partial charge in [0, 0.05) is 25.0 Å². The van der Waals surface area contributed by atoms with Crippen molar-refractivity contribution < 1.29 is 19.1 Å². The van der Waals surface area contributed by atoms with E-state index < -0.39 is 0 Å². The van der Waals surface area contributed by atoms with Gasteiger partial charge in [-0.3, -0.25) is 14.9 Å². The van der Waals surface area contributed by atoms with Crippen molar-refractivity contribution in [1.29, 1.82) is 0 Å². The highest BCUT2D eigenvalue weighted by Crippen LogP contribution is 2.22. The quantitative estimate of drug-likeness (QED) is 0.802. The van der Waals surface area contributed by atoms with Crippen LogP contribution in [0.3, 0.4) is 0 Å². The molecule has 9 heteroatoms. The number of pyridine rings is 1. The van der Waals surface area contributed by atoms with Crippen molar-refractivity contribution in [2.24, 2.45) is 0 Å². The highest BCUT2D eigenvalue weighted by molar-refractivity contribution is 7.14. The third-order valence-corrected chi connectivity index (χ3v) is 4.38. The Balaban J connectivity index is 1.68. The summed E-state index contributed by atoms with van der Waals surface area (Å²) in [7, 11) is 1.57. The zero-order chi connectivity index (χ0) is 17.6. The molecule has 3 rings (SSSR count). The number of rotatable bonds is 6. The van der Waals surface area contributed by atoms with E-state index in [9.17, 15) is 9.59 Å². The summed E-state index contributed by atoms with van der Waals surface area (Å²) in [5.74, 6) is -0.217. The monoisotopic (exact) mass is 362 g/mol. The molecule has 132 valence electrons. The molecule has 1 saturated heterocycles. The fourth-order valence-corrected chi connectivity index (χ4v) is 2.99. The van der Waals surface area contributed by atoms with Crippen molar-refractivity contribution in [2.45, 2.75) is 18.9 Å². The molecule has 1 unspecified atom stereocenters. The van der Waals surface area contributed by atoms with Crippen LogP contribution in [0.5, 0.6) is 5.88 Å². The van der Waals surface area contributed by atoms with Gasteiger partial charge in [0.2, 0.25) is 11.8 Å². The predicted octanol–water partition coefficient (Wildman–Crippen LogP) is 1.25. The van der Waals surface area contributed by atoms with Crippen LogP contribution in [0.4, 0.5) is 5.13 Å². The molecule has 2 aromatic heterocycles. The molecule has 2 aromatic rings. The SMILES string of the molecule is CNC(=O)Cc1csc(NC(=O)c2cccnc2OC2CCOC2)n1. The number of thiazole rings is 1. The summed E-state index contributed by atoms with van der Waals surface area (Å²) in [5, 5.41) is 7.41. The van der Waals surface area contributed by atoms with Crippen molar-refractivity contribution in [3.05, 3.63) is 35.0 Å². The minimum absolute atomic E-state index is 0.0968. The van der Waals surface area contributed by atoms with Gasteiger partial charge in [0.15, 0.2) is 5.13 Å². The van der Waals surface area contributed by atoms with Crippen LogP contribution < -0.4 is 15.4 Å². The molecule has 0 saturated carbocycles. The number of hydrogen-bond acceptors (Lipinski definition) is 7. The molecule has 0 aromatic carbocycles. The first kappa shape index (κ1) is 17.3. The second-order valence-corrected chi connectivity index (χ2v) is 6.27. The van der Waals surface area contributed by atoms with Crippen LogP contribution in [0.15, 0.2) is 23.7 Å². The lowest BCUT2D eigenvalue weighted by Gasteiger charge is -2.13. The van der Waals surface area contributed by atoms with Crippen LogP contribution in [-0.4, -0.2) is 48.1 Å². The van der Waals surface area contributed by atoms with E-state index in [4.69, 9.17) is 9.47 Å². The molecule has 0 radical (unpaired) electrons. The Morgan fingerprint density at radius 1 is 1.48 bits per heavy atom. The fraction of sp³-hybridized carbons (Fsp3) is 0.375. The third kappa shape index (κ3) is 4.52. The van der Waals surface area contributed by atoms with Gasteiger partial charge in [-0.15, -0.1) is 11.3 Å². The standard InChI is InChI=1S/C16H18N4O4S/c1-17-13(21)7-10-9-25-16(19-10)20-14(22)12-3-2-5-18-15(12)24-11-4-6-23-8-11/h2-3,5,9,11H,4,6-8H2,1H3,(H,17,21)(H,19,20,22). The first-order chi connectivity index (χ1) is 12.2. The Morgan fingerprint density at radius 3 is 3.12 bits per heavy atom. The summed E-state index contributed by atoms with van der Waals surface area (Å²) in [4.78, 5) is 32.3. The van der Waals surface area contributed by atoms with Crippen molar-refractivity contribution in [2.75, 3.05) is 25.6 Å². The van der Waals surface area contributed by atoms with E-state index in [1.54, 1.807) is 30.8 Å². The van der Waals surface area contributed by atoms with Gasteiger partial charge in [-0.1, -0.05) is 0 Å². The first-order valence-electron chi connectivity index (χ1n) is 7.81. The molecule has 0 spiro atoms. The average molecular weight is 362 g/mol. The van der Waals surface area contributed by atoms with Crippen LogP contribution in [0.25, 0.3) is 0 Å². The molecule has 2 amide bonds. The molecule has 0 aliphatic carbocycles. The van der Waals surface area contributed by atoms with E-state index in [2.05, 4.69) is 20.6 Å². The number of carbonyl (C=O) groups excluding carboxylic acids is 2. The Kier molecular flexibility index (Phi) is 5.56. The van der Waals surface area contributed by atoms with Gasteiger partial charge in [0.1, 0.15) is 11.7 Å². The van der Waals surface area contributed by atoms with Crippen LogP contribution in [-0.2, 0) is 16.0 Å². The summed E-state index contributed by atoms with van der Waals surface area (Å²) in [6.45, 7) is 1.14. The smallest absolute Gasteiger partial charge is 0.262 e. The summed E-state index contributed by atoms with van der Waals surface area (Å²) >= 11 is 1.26. The topological polar surface area (TPSA) is 102 Å². The summed E-state index contributed by atoms with van der Waals surface area (Å²) < 4.78 is 11.0. The predicted molar refractivity (Wildman–Crippen MR) is 91.9 cm³/mol. The Bertz CT molecular complexity index is 758. The van der Waals surface area contributed by atoms with Gasteiger partial charge in [0.25, 0.3) is 5.91 Å². The second kappa shape index (κ2) is 8.04. The maximum Gasteiger partial charge on any atom is 0.262 e. The second-order valence-electron chi connectivity index (χ2n) is 5.41. The minimum Gasteiger partial charge on any atom is -0.471 e. The van der Waals surface area contributed by atoms with Gasteiger partial charge in [-0.2, -0.15) is 0 Å². The zero-order valence-corrected chi connectivity index (χ0v) is 14.5. The normalized spacial score (nSPS) is 16.4. The molecule has 1 fully saturated rings. The van der Waals surface area contributed by atoms with E-state index in [1.807, 2.05) is 0 Å². The molecule has 1 aliphatic heterocycles. The Hall–Kier alpha value is -2.52. The largest absolute Gasteiger partial charge is 0.471 e. The molecule has 1 aliphatic rings. The van der Waals surface area contributed by atoms with E-state index >= 15 is 0 Å². The number of anilines is 1. The lowest BCUT2D eigenvalue weighted by molar-refractivity contribution is -0.120. The number of carbonyl (C=O) groups is 2. The third-order valence-electron chi connectivity index (χ3n) is 3.57. The van der Waals surface area contributed by atoms with Gasteiger partial charge >= 0.3 is 0 Å². The highest BCUT2D eigenvalue weighted by atomic mass is 32.1. The molecule has 25 heavy (non-hydrogen) atoms. The summed E-state index contributed by atoms with van der Waals surface area (Å²) in [6, 6.07) is 3.32. The van der Waals surface area contributed by atoms with Crippen molar-refractivity contribution in [3.63, 3.8) is 0 Å². The first-order valence-corrected chi connectivity index (χ1v) is 8.69. The Labute approximate surface area is 148 Å². The van der Waals surface area contributed by atoms with E-state index in [0.717, 1.165) is 6.42 Å². The number of aromatic nitrogens is 2. The molecule has 0 bridgehead atoms. The summed E-state index contributed by atoms with van der Waals surface area (Å²) in [6.07, 6.45) is 2.42.